The molecule has 2 aliphatic rings. The first-order valence-corrected chi connectivity index (χ1v) is 11.4. The lowest BCUT2D eigenvalue weighted by molar-refractivity contribution is -0.116. The number of phenolic OH excluding ortho intramolecular Hbond substituents is 2. The summed E-state index contributed by atoms with van der Waals surface area (Å²) in [6, 6.07) is 14.4. The summed E-state index contributed by atoms with van der Waals surface area (Å²) >= 11 is 5.31. The molecule has 5 N–H and O–H groups in total. The van der Waals surface area contributed by atoms with Crippen molar-refractivity contribution in [2.24, 2.45) is 0 Å². The van der Waals surface area contributed by atoms with Crippen molar-refractivity contribution >= 4 is 34.9 Å². The number of ether oxygens (including phenoxy) is 2. The number of hydrogen-bond donors (Lipinski definition) is 5. The Morgan fingerprint density at radius 3 is 2.19 bits per heavy atom. The standard InChI is InChI=1S/C26H21N3O6S/c1-2-23(32)27-9-10-28-25(36)29-14-3-6-18-17(11-14)24(33)35-26(18)19-7-4-15(30)12-21(19)34-22-13-16(31)5-8-20(22)26/h2-8,11-13,30-31H,1,9-10H2,(H,27,32)(H2,28,29,36). The van der Waals surface area contributed by atoms with Gasteiger partial charge in [0.1, 0.15) is 23.0 Å². The van der Waals surface area contributed by atoms with Gasteiger partial charge in [-0.05, 0) is 54.7 Å². The molecule has 10 heteroatoms. The van der Waals surface area contributed by atoms with E-state index in [4.69, 9.17) is 21.7 Å². The lowest BCUT2D eigenvalue weighted by atomic mass is 9.77. The zero-order chi connectivity index (χ0) is 25.4. The summed E-state index contributed by atoms with van der Waals surface area (Å²) in [4.78, 5) is 24.4. The minimum Gasteiger partial charge on any atom is -0.508 e. The number of phenols is 2. The number of benzene rings is 3. The molecule has 0 bridgehead atoms. The van der Waals surface area contributed by atoms with E-state index in [1.165, 1.54) is 30.3 Å². The minimum absolute atomic E-state index is 0.0123. The lowest BCUT2D eigenvalue weighted by Crippen LogP contribution is -2.36. The Bertz CT molecular complexity index is 1390. The minimum atomic E-state index is -1.32. The van der Waals surface area contributed by atoms with E-state index in [1.54, 1.807) is 30.3 Å². The number of thiocarbonyl (C=S) groups is 1. The highest BCUT2D eigenvalue weighted by atomic mass is 32.1. The first-order valence-electron chi connectivity index (χ1n) is 11.0. The van der Waals surface area contributed by atoms with Crippen LogP contribution in [0.15, 0.2) is 67.3 Å². The molecule has 2 aliphatic heterocycles. The van der Waals surface area contributed by atoms with Crippen LogP contribution in [0.2, 0.25) is 0 Å². The second kappa shape index (κ2) is 8.90. The summed E-state index contributed by atoms with van der Waals surface area (Å²) < 4.78 is 12.0. The molecule has 5 rings (SSSR count). The topological polar surface area (TPSA) is 129 Å². The Kier molecular flexibility index (Phi) is 5.73. The molecule has 0 unspecified atom stereocenters. The number of anilines is 1. The fourth-order valence-corrected chi connectivity index (χ4v) is 4.61. The van der Waals surface area contributed by atoms with Crippen LogP contribution in [0.1, 0.15) is 27.0 Å². The summed E-state index contributed by atoms with van der Waals surface area (Å²) in [5.74, 6) is -0.221. The van der Waals surface area contributed by atoms with Gasteiger partial charge >= 0.3 is 5.97 Å². The van der Waals surface area contributed by atoms with Gasteiger partial charge in [0.25, 0.3) is 0 Å². The Hall–Kier alpha value is -4.57. The van der Waals surface area contributed by atoms with Crippen molar-refractivity contribution in [1.29, 1.82) is 0 Å². The van der Waals surface area contributed by atoms with E-state index >= 15 is 0 Å². The van der Waals surface area contributed by atoms with Crippen LogP contribution in [-0.2, 0) is 15.1 Å². The van der Waals surface area contributed by atoms with Crippen molar-refractivity contribution in [3.05, 3.63) is 89.5 Å². The molecular formula is C26H21N3O6S. The number of aromatic hydroxyl groups is 2. The van der Waals surface area contributed by atoms with Crippen LogP contribution < -0.4 is 20.7 Å². The first kappa shape index (κ1) is 23.2. The highest BCUT2D eigenvalue weighted by Gasteiger charge is 2.53. The Morgan fingerprint density at radius 2 is 1.56 bits per heavy atom. The maximum absolute atomic E-state index is 13.1. The van der Waals surface area contributed by atoms with Gasteiger partial charge in [0.2, 0.25) is 5.91 Å². The number of hydrogen-bond acceptors (Lipinski definition) is 7. The third-order valence-electron chi connectivity index (χ3n) is 5.93. The molecule has 0 saturated heterocycles. The molecule has 0 aromatic heterocycles. The van der Waals surface area contributed by atoms with Gasteiger partial charge < -0.3 is 35.6 Å². The van der Waals surface area contributed by atoms with Gasteiger partial charge in [-0.3, -0.25) is 4.79 Å². The van der Waals surface area contributed by atoms with Crippen molar-refractivity contribution < 1.29 is 29.3 Å². The van der Waals surface area contributed by atoms with E-state index in [9.17, 15) is 19.8 Å². The van der Waals surface area contributed by atoms with Crippen molar-refractivity contribution in [1.82, 2.24) is 10.6 Å². The average Bonchev–Trinajstić information content (AvgIpc) is 3.13. The Morgan fingerprint density at radius 1 is 0.944 bits per heavy atom. The average molecular weight is 504 g/mol. The molecule has 0 atom stereocenters. The molecule has 9 nitrogen and oxygen atoms in total. The molecule has 2 heterocycles. The second-order valence-corrected chi connectivity index (χ2v) is 8.58. The van der Waals surface area contributed by atoms with E-state index in [0.29, 0.717) is 57.6 Å². The molecular weight excluding hydrogens is 482 g/mol. The molecule has 0 fully saturated rings. The van der Waals surface area contributed by atoms with Gasteiger partial charge in [0.15, 0.2) is 10.7 Å². The molecule has 182 valence electrons. The predicted molar refractivity (Wildman–Crippen MR) is 135 cm³/mol. The third kappa shape index (κ3) is 3.87. The fraction of sp³-hybridized carbons (Fsp3) is 0.115. The van der Waals surface area contributed by atoms with E-state index in [1.807, 2.05) is 0 Å². The van der Waals surface area contributed by atoms with Crippen molar-refractivity contribution in [3.63, 3.8) is 0 Å². The monoisotopic (exact) mass is 503 g/mol. The molecule has 3 aromatic rings. The Balaban J connectivity index is 1.47. The number of nitrogens with one attached hydrogen (secondary N) is 3. The van der Waals surface area contributed by atoms with E-state index in [2.05, 4.69) is 22.5 Å². The van der Waals surface area contributed by atoms with Gasteiger partial charge in [0, 0.05) is 47.6 Å². The number of carbonyl (C=O) groups is 2. The van der Waals surface area contributed by atoms with E-state index in [0.717, 1.165) is 0 Å². The molecule has 1 spiro atoms. The van der Waals surface area contributed by atoms with Crippen LogP contribution in [0, 0.1) is 0 Å². The summed E-state index contributed by atoms with van der Waals surface area (Å²) in [5.41, 5.74) is 1.26. The third-order valence-corrected chi connectivity index (χ3v) is 6.17. The Labute approximate surface area is 211 Å². The van der Waals surface area contributed by atoms with Crippen LogP contribution in [0.3, 0.4) is 0 Å². The molecule has 1 amide bonds. The highest BCUT2D eigenvalue weighted by molar-refractivity contribution is 7.80. The zero-order valence-electron chi connectivity index (χ0n) is 18.8. The normalized spacial score (nSPS) is 13.9. The van der Waals surface area contributed by atoms with Crippen LogP contribution in [-0.4, -0.2) is 40.3 Å². The van der Waals surface area contributed by atoms with Gasteiger partial charge in [-0.1, -0.05) is 12.6 Å². The first-order chi connectivity index (χ1) is 17.3. The predicted octanol–water partition coefficient (Wildman–Crippen LogP) is 3.25. The largest absolute Gasteiger partial charge is 0.508 e. The molecule has 0 saturated carbocycles. The summed E-state index contributed by atoms with van der Waals surface area (Å²) in [6.07, 6.45) is 1.19. The van der Waals surface area contributed by atoms with Gasteiger partial charge in [-0.15, -0.1) is 0 Å². The molecule has 36 heavy (non-hydrogen) atoms. The van der Waals surface area contributed by atoms with Gasteiger partial charge in [-0.2, -0.15) is 0 Å². The molecule has 0 aliphatic carbocycles. The smallest absolute Gasteiger partial charge is 0.340 e. The SMILES string of the molecule is C=CC(=O)NCCNC(=S)Nc1ccc2c(c1)C(=O)OC21c2ccc(O)cc2Oc2cc(O)ccc21. The van der Waals surface area contributed by atoms with Crippen LogP contribution in [0.5, 0.6) is 23.0 Å². The van der Waals surface area contributed by atoms with Crippen molar-refractivity contribution in [3.8, 4) is 23.0 Å². The van der Waals surface area contributed by atoms with E-state index < -0.39 is 11.6 Å². The van der Waals surface area contributed by atoms with Crippen molar-refractivity contribution in [2.75, 3.05) is 18.4 Å². The number of fused-ring (bicyclic) bond motifs is 6. The number of carbonyl (C=O) groups excluding carboxylic acids is 2. The number of esters is 1. The van der Waals surface area contributed by atoms with Crippen LogP contribution in [0.4, 0.5) is 5.69 Å². The van der Waals surface area contributed by atoms with E-state index in [-0.39, 0.29) is 17.4 Å². The number of rotatable bonds is 5. The van der Waals surface area contributed by atoms with Gasteiger partial charge in [0.05, 0.1) is 5.56 Å². The maximum atomic E-state index is 13.1. The summed E-state index contributed by atoms with van der Waals surface area (Å²) in [5, 5.41) is 29.0. The lowest BCUT2D eigenvalue weighted by Gasteiger charge is -2.36. The summed E-state index contributed by atoms with van der Waals surface area (Å²) in [7, 11) is 0. The van der Waals surface area contributed by atoms with Crippen LogP contribution >= 0.6 is 12.2 Å². The van der Waals surface area contributed by atoms with Gasteiger partial charge in [-0.25, -0.2) is 4.79 Å². The summed E-state index contributed by atoms with van der Waals surface area (Å²) in [6.45, 7) is 4.15. The quantitative estimate of drug-likeness (QED) is 0.154. The second-order valence-electron chi connectivity index (χ2n) is 8.17. The molecule has 3 aromatic carbocycles. The van der Waals surface area contributed by atoms with Crippen LogP contribution in [0.25, 0.3) is 0 Å². The number of amides is 1. The van der Waals surface area contributed by atoms with Crippen molar-refractivity contribution in [2.45, 2.75) is 5.60 Å². The molecule has 0 radical (unpaired) electrons. The highest BCUT2D eigenvalue weighted by Crippen LogP contribution is 2.57. The maximum Gasteiger partial charge on any atom is 0.340 e. The fourth-order valence-electron chi connectivity index (χ4n) is 4.39. The zero-order valence-corrected chi connectivity index (χ0v) is 19.6.